The molecule has 104 valence electrons. The Morgan fingerprint density at radius 1 is 1.00 bits per heavy atom. The minimum absolute atomic E-state index is 0.0895. The summed E-state index contributed by atoms with van der Waals surface area (Å²) >= 11 is 0. The van der Waals surface area contributed by atoms with Crippen molar-refractivity contribution >= 4 is 5.97 Å². The maximum Gasteiger partial charge on any atom is 0.336 e. The van der Waals surface area contributed by atoms with E-state index in [9.17, 15) is 15.0 Å². The van der Waals surface area contributed by atoms with Gasteiger partial charge in [0.05, 0.1) is 5.56 Å². The molecule has 0 unspecified atom stereocenters. The Kier molecular flexibility index (Phi) is 3.53. The molecule has 0 fully saturated rings. The molecule has 3 heteroatoms. The monoisotopic (exact) mass is 270 g/mol. The second kappa shape index (κ2) is 5.00. The summed E-state index contributed by atoms with van der Waals surface area (Å²) in [5, 5.41) is 19.5. The summed E-state index contributed by atoms with van der Waals surface area (Å²) in [7, 11) is 0. The summed E-state index contributed by atoms with van der Waals surface area (Å²) in [6.07, 6.45) is 0. The Morgan fingerprint density at radius 3 is 2.20 bits per heavy atom. The van der Waals surface area contributed by atoms with Gasteiger partial charge in [0, 0.05) is 11.1 Å². The van der Waals surface area contributed by atoms with Crippen LogP contribution in [0.25, 0.3) is 11.1 Å². The highest BCUT2D eigenvalue weighted by Crippen LogP contribution is 2.39. The average Bonchev–Trinajstić information content (AvgIpc) is 2.37. The molecule has 2 N–H and O–H groups in total. The van der Waals surface area contributed by atoms with Gasteiger partial charge in [0.15, 0.2) is 0 Å². The zero-order valence-electron chi connectivity index (χ0n) is 11.8. The van der Waals surface area contributed by atoms with Crippen LogP contribution in [0.5, 0.6) is 5.75 Å². The first-order valence-corrected chi connectivity index (χ1v) is 6.47. The van der Waals surface area contributed by atoms with Gasteiger partial charge in [0.2, 0.25) is 0 Å². The lowest BCUT2D eigenvalue weighted by Crippen LogP contribution is -2.15. The van der Waals surface area contributed by atoms with Crippen molar-refractivity contribution in [3.8, 4) is 16.9 Å². The molecule has 0 heterocycles. The predicted octanol–water partition coefficient (Wildman–Crippen LogP) is 4.05. The van der Waals surface area contributed by atoms with Crippen molar-refractivity contribution in [1.82, 2.24) is 0 Å². The van der Waals surface area contributed by atoms with Gasteiger partial charge in [0.1, 0.15) is 5.75 Å². The third-order valence-corrected chi connectivity index (χ3v) is 3.28. The van der Waals surface area contributed by atoms with E-state index in [2.05, 4.69) is 0 Å². The van der Waals surface area contributed by atoms with E-state index in [1.807, 2.05) is 26.8 Å². The Balaban J connectivity index is 2.85. The van der Waals surface area contributed by atoms with Gasteiger partial charge in [-0.2, -0.15) is 0 Å². The number of carboxylic acid groups (broad SMARTS) is 1. The molecule has 20 heavy (non-hydrogen) atoms. The van der Waals surface area contributed by atoms with Gasteiger partial charge >= 0.3 is 5.97 Å². The zero-order chi connectivity index (χ0) is 14.9. The summed E-state index contributed by atoms with van der Waals surface area (Å²) in [6, 6.07) is 12.0. The maximum atomic E-state index is 11.5. The van der Waals surface area contributed by atoms with Crippen molar-refractivity contribution in [2.24, 2.45) is 0 Å². The third kappa shape index (κ3) is 2.52. The fourth-order valence-electron chi connectivity index (χ4n) is 2.33. The van der Waals surface area contributed by atoms with Crippen LogP contribution in [0.2, 0.25) is 0 Å². The zero-order valence-corrected chi connectivity index (χ0v) is 11.8. The average molecular weight is 270 g/mol. The molecule has 0 aliphatic rings. The summed E-state index contributed by atoms with van der Waals surface area (Å²) < 4.78 is 0. The van der Waals surface area contributed by atoms with E-state index in [0.717, 1.165) is 5.56 Å². The summed E-state index contributed by atoms with van der Waals surface area (Å²) in [4.78, 5) is 11.5. The summed E-state index contributed by atoms with van der Waals surface area (Å²) in [6.45, 7) is 6.08. The van der Waals surface area contributed by atoms with Crippen LogP contribution in [-0.2, 0) is 5.41 Å². The van der Waals surface area contributed by atoms with Crippen LogP contribution in [0.15, 0.2) is 42.5 Å². The number of rotatable bonds is 2. The van der Waals surface area contributed by atoms with Gasteiger partial charge in [-0.15, -0.1) is 0 Å². The Labute approximate surface area is 118 Å². The quantitative estimate of drug-likeness (QED) is 0.865. The number of para-hydroxylation sites is 1. The SMILES string of the molecule is CC(C)(C)c1cccc(C(=O)O)c1-c1ccccc1O. The molecule has 0 aliphatic carbocycles. The lowest BCUT2D eigenvalue weighted by Gasteiger charge is -2.24. The standard InChI is InChI=1S/C17H18O3/c1-17(2,3)13-9-6-8-12(16(19)20)15(13)11-7-4-5-10-14(11)18/h4-10,18H,1-3H3,(H,19,20). The Bertz CT molecular complexity index is 652. The first-order valence-electron chi connectivity index (χ1n) is 6.47. The van der Waals surface area contributed by atoms with Gasteiger partial charge in [-0.05, 0) is 23.1 Å². The fraction of sp³-hybridized carbons (Fsp3) is 0.235. The topological polar surface area (TPSA) is 57.5 Å². The number of aromatic hydroxyl groups is 1. The van der Waals surface area contributed by atoms with E-state index in [1.54, 1.807) is 36.4 Å². The molecule has 2 rings (SSSR count). The lowest BCUT2D eigenvalue weighted by atomic mass is 9.80. The first-order chi connectivity index (χ1) is 9.32. The number of hydrogen-bond acceptors (Lipinski definition) is 2. The summed E-state index contributed by atoms with van der Waals surface area (Å²) in [5.41, 5.74) is 2.03. The van der Waals surface area contributed by atoms with Crippen LogP contribution in [0.1, 0.15) is 36.7 Å². The molecule has 0 spiro atoms. The van der Waals surface area contributed by atoms with Crippen LogP contribution in [0.4, 0.5) is 0 Å². The molecule has 0 saturated heterocycles. The van der Waals surface area contributed by atoms with E-state index in [1.165, 1.54) is 0 Å². The van der Waals surface area contributed by atoms with Crippen molar-refractivity contribution in [3.05, 3.63) is 53.6 Å². The minimum atomic E-state index is -0.991. The van der Waals surface area contributed by atoms with Crippen LogP contribution >= 0.6 is 0 Å². The van der Waals surface area contributed by atoms with Crippen molar-refractivity contribution in [3.63, 3.8) is 0 Å². The van der Waals surface area contributed by atoms with Gasteiger partial charge in [-0.1, -0.05) is 51.1 Å². The number of hydrogen-bond donors (Lipinski definition) is 2. The molecule has 0 aliphatic heterocycles. The molecule has 3 nitrogen and oxygen atoms in total. The molecule has 0 radical (unpaired) electrons. The second-order valence-corrected chi connectivity index (χ2v) is 5.80. The Morgan fingerprint density at radius 2 is 1.65 bits per heavy atom. The highest BCUT2D eigenvalue weighted by atomic mass is 16.4. The van der Waals surface area contributed by atoms with Crippen LogP contribution in [0, 0.1) is 0 Å². The highest BCUT2D eigenvalue weighted by molar-refractivity contribution is 5.98. The van der Waals surface area contributed by atoms with Gasteiger partial charge in [-0.25, -0.2) is 4.79 Å². The second-order valence-electron chi connectivity index (χ2n) is 5.80. The van der Waals surface area contributed by atoms with E-state index in [4.69, 9.17) is 0 Å². The fourth-order valence-corrected chi connectivity index (χ4v) is 2.33. The molecule has 2 aromatic carbocycles. The van der Waals surface area contributed by atoms with Gasteiger partial charge in [-0.3, -0.25) is 0 Å². The van der Waals surface area contributed by atoms with Crippen LogP contribution in [0.3, 0.4) is 0 Å². The van der Waals surface area contributed by atoms with E-state index >= 15 is 0 Å². The number of carbonyl (C=O) groups is 1. The highest BCUT2D eigenvalue weighted by Gasteiger charge is 2.24. The smallest absolute Gasteiger partial charge is 0.336 e. The van der Waals surface area contributed by atoms with Crippen molar-refractivity contribution in [2.75, 3.05) is 0 Å². The molecule has 0 saturated carbocycles. The number of phenols is 1. The molecular formula is C17H18O3. The van der Waals surface area contributed by atoms with Gasteiger partial charge < -0.3 is 10.2 Å². The number of aromatic carboxylic acids is 1. The van der Waals surface area contributed by atoms with Crippen molar-refractivity contribution in [1.29, 1.82) is 0 Å². The van der Waals surface area contributed by atoms with Crippen molar-refractivity contribution in [2.45, 2.75) is 26.2 Å². The molecule has 2 aromatic rings. The minimum Gasteiger partial charge on any atom is -0.507 e. The van der Waals surface area contributed by atoms with Crippen LogP contribution in [-0.4, -0.2) is 16.2 Å². The number of phenolic OH excluding ortho intramolecular Hbond substituents is 1. The third-order valence-electron chi connectivity index (χ3n) is 3.28. The number of benzene rings is 2. The van der Waals surface area contributed by atoms with Gasteiger partial charge in [0.25, 0.3) is 0 Å². The molecule has 0 atom stereocenters. The number of carboxylic acids is 1. The molecule has 0 bridgehead atoms. The van der Waals surface area contributed by atoms with Crippen molar-refractivity contribution < 1.29 is 15.0 Å². The first kappa shape index (κ1) is 14.1. The Hall–Kier alpha value is -2.29. The normalized spacial score (nSPS) is 11.3. The molecular weight excluding hydrogens is 252 g/mol. The lowest BCUT2D eigenvalue weighted by molar-refractivity contribution is 0.0697. The predicted molar refractivity (Wildman–Crippen MR) is 79.2 cm³/mol. The maximum absolute atomic E-state index is 11.5. The molecule has 0 amide bonds. The van der Waals surface area contributed by atoms with E-state index < -0.39 is 5.97 Å². The molecule has 0 aromatic heterocycles. The van der Waals surface area contributed by atoms with Crippen LogP contribution < -0.4 is 0 Å². The van der Waals surface area contributed by atoms with E-state index in [0.29, 0.717) is 11.1 Å². The largest absolute Gasteiger partial charge is 0.507 e. The summed E-state index contributed by atoms with van der Waals surface area (Å²) in [5.74, 6) is -0.902. The van der Waals surface area contributed by atoms with E-state index in [-0.39, 0.29) is 16.7 Å².